The molecule has 1 amide bonds. The van der Waals surface area contributed by atoms with Gasteiger partial charge in [0, 0.05) is 23.7 Å². The van der Waals surface area contributed by atoms with E-state index >= 15 is 0 Å². The number of carbonyl (C=O) groups is 1. The summed E-state index contributed by atoms with van der Waals surface area (Å²) in [6, 6.07) is 15.5. The number of hydrogen-bond acceptors (Lipinski definition) is 5. The lowest BCUT2D eigenvalue weighted by atomic mass is 10.1. The van der Waals surface area contributed by atoms with Crippen molar-refractivity contribution < 1.29 is 9.53 Å². The third kappa shape index (κ3) is 5.31. The van der Waals surface area contributed by atoms with E-state index in [4.69, 9.17) is 4.74 Å². The largest absolute Gasteiger partial charge is 0.486 e. The summed E-state index contributed by atoms with van der Waals surface area (Å²) in [5.74, 6) is 0.407. The third-order valence-corrected chi connectivity index (χ3v) is 4.74. The Morgan fingerprint density at radius 1 is 1.19 bits per heavy atom. The minimum Gasteiger partial charge on any atom is -0.486 e. The van der Waals surface area contributed by atoms with Gasteiger partial charge in [0.2, 0.25) is 0 Å². The molecule has 0 aliphatic rings. The standard InChI is InChI=1S/C21H23N3O2S/c1-15-7-3-5-9-19(15)24-16(2)11-22-21(25)18-8-4-6-10-20(18)26-12-17-13-27-14-23-17/h3-10,13-14,16,24H,11-12H2,1-2H3,(H,22,25). The molecule has 3 aromatic rings. The number of nitrogens with one attached hydrogen (secondary N) is 2. The Balaban J connectivity index is 1.57. The molecule has 0 saturated carbocycles. The summed E-state index contributed by atoms with van der Waals surface area (Å²) in [7, 11) is 0. The Morgan fingerprint density at radius 3 is 2.74 bits per heavy atom. The number of thiazole rings is 1. The van der Waals surface area contributed by atoms with Crippen molar-refractivity contribution in [3.05, 3.63) is 76.2 Å². The number of ether oxygens (including phenoxy) is 1. The Labute approximate surface area is 163 Å². The highest BCUT2D eigenvalue weighted by molar-refractivity contribution is 7.07. The van der Waals surface area contributed by atoms with Crippen LogP contribution in [0.25, 0.3) is 0 Å². The van der Waals surface area contributed by atoms with E-state index in [1.807, 2.05) is 42.6 Å². The molecule has 1 aromatic heterocycles. The molecule has 6 heteroatoms. The van der Waals surface area contributed by atoms with E-state index in [1.165, 1.54) is 16.9 Å². The summed E-state index contributed by atoms with van der Waals surface area (Å²) < 4.78 is 5.79. The average molecular weight is 382 g/mol. The number of aryl methyl sites for hydroxylation is 1. The molecule has 3 rings (SSSR count). The van der Waals surface area contributed by atoms with Gasteiger partial charge in [-0.25, -0.2) is 4.98 Å². The van der Waals surface area contributed by atoms with Crippen LogP contribution in [0.4, 0.5) is 5.69 Å². The molecule has 0 bridgehead atoms. The molecule has 0 spiro atoms. The van der Waals surface area contributed by atoms with Crippen LogP contribution in [0.15, 0.2) is 59.4 Å². The number of aromatic nitrogens is 1. The van der Waals surface area contributed by atoms with Gasteiger partial charge in [-0.15, -0.1) is 11.3 Å². The molecule has 5 nitrogen and oxygen atoms in total. The fraction of sp³-hybridized carbons (Fsp3) is 0.238. The first-order chi connectivity index (χ1) is 13.1. The van der Waals surface area contributed by atoms with Gasteiger partial charge in [-0.1, -0.05) is 30.3 Å². The number of benzene rings is 2. The SMILES string of the molecule is Cc1ccccc1NC(C)CNC(=O)c1ccccc1OCc1cscn1. The molecule has 140 valence electrons. The number of nitrogens with zero attached hydrogens (tertiary/aromatic N) is 1. The van der Waals surface area contributed by atoms with E-state index in [2.05, 4.69) is 28.6 Å². The smallest absolute Gasteiger partial charge is 0.255 e. The van der Waals surface area contributed by atoms with Gasteiger partial charge in [0.15, 0.2) is 0 Å². The van der Waals surface area contributed by atoms with Crippen molar-refractivity contribution >= 4 is 22.9 Å². The van der Waals surface area contributed by atoms with E-state index in [0.717, 1.165) is 11.4 Å². The van der Waals surface area contributed by atoms with Crippen LogP contribution in [0.3, 0.4) is 0 Å². The number of para-hydroxylation sites is 2. The van der Waals surface area contributed by atoms with Gasteiger partial charge in [0.25, 0.3) is 5.91 Å². The van der Waals surface area contributed by atoms with E-state index < -0.39 is 0 Å². The first kappa shape index (κ1) is 18.9. The second kappa shape index (κ2) is 9.19. The van der Waals surface area contributed by atoms with Crippen LogP contribution in [-0.2, 0) is 6.61 Å². The molecule has 2 N–H and O–H groups in total. The van der Waals surface area contributed by atoms with Gasteiger partial charge in [0.05, 0.1) is 16.8 Å². The van der Waals surface area contributed by atoms with Crippen molar-refractivity contribution in [2.75, 3.05) is 11.9 Å². The predicted molar refractivity (Wildman–Crippen MR) is 109 cm³/mol. The van der Waals surface area contributed by atoms with Gasteiger partial charge in [-0.3, -0.25) is 4.79 Å². The summed E-state index contributed by atoms with van der Waals surface area (Å²) >= 11 is 1.52. The molecule has 0 fully saturated rings. The van der Waals surface area contributed by atoms with Crippen LogP contribution < -0.4 is 15.4 Å². The van der Waals surface area contributed by atoms with Crippen molar-refractivity contribution in [2.24, 2.45) is 0 Å². The van der Waals surface area contributed by atoms with Crippen molar-refractivity contribution in [1.29, 1.82) is 0 Å². The lowest BCUT2D eigenvalue weighted by Gasteiger charge is -2.18. The zero-order valence-electron chi connectivity index (χ0n) is 15.4. The summed E-state index contributed by atoms with van der Waals surface area (Å²) in [4.78, 5) is 16.8. The highest BCUT2D eigenvalue weighted by Gasteiger charge is 2.13. The quantitative estimate of drug-likeness (QED) is 0.612. The first-order valence-electron chi connectivity index (χ1n) is 8.82. The molecule has 1 atom stereocenters. The molecule has 0 radical (unpaired) electrons. The average Bonchev–Trinajstić information content (AvgIpc) is 3.20. The molecule has 0 aliphatic carbocycles. The normalized spacial score (nSPS) is 11.6. The van der Waals surface area contributed by atoms with Gasteiger partial charge < -0.3 is 15.4 Å². The second-order valence-electron chi connectivity index (χ2n) is 6.33. The van der Waals surface area contributed by atoms with E-state index in [0.29, 0.717) is 24.5 Å². The van der Waals surface area contributed by atoms with Gasteiger partial charge >= 0.3 is 0 Å². The van der Waals surface area contributed by atoms with Gasteiger partial charge in [-0.05, 0) is 37.6 Å². The molecule has 1 heterocycles. The topological polar surface area (TPSA) is 63.2 Å². The first-order valence-corrected chi connectivity index (χ1v) is 9.77. The van der Waals surface area contributed by atoms with E-state index in [1.54, 1.807) is 17.6 Å². The van der Waals surface area contributed by atoms with Crippen molar-refractivity contribution in [3.63, 3.8) is 0 Å². The maximum absolute atomic E-state index is 12.6. The van der Waals surface area contributed by atoms with Crippen LogP contribution in [0.1, 0.15) is 28.5 Å². The number of rotatable bonds is 8. The maximum Gasteiger partial charge on any atom is 0.255 e. The summed E-state index contributed by atoms with van der Waals surface area (Å²) in [5, 5.41) is 8.33. The minimum absolute atomic E-state index is 0.0955. The fourth-order valence-corrected chi connectivity index (χ4v) is 3.18. The minimum atomic E-state index is -0.151. The van der Waals surface area contributed by atoms with E-state index in [9.17, 15) is 4.79 Å². The number of carbonyl (C=O) groups excluding carboxylic acids is 1. The molecule has 0 saturated heterocycles. The van der Waals surface area contributed by atoms with Crippen molar-refractivity contribution in [1.82, 2.24) is 10.3 Å². The number of hydrogen-bond donors (Lipinski definition) is 2. The zero-order valence-corrected chi connectivity index (χ0v) is 16.3. The van der Waals surface area contributed by atoms with Crippen LogP contribution in [0.5, 0.6) is 5.75 Å². The molecule has 1 unspecified atom stereocenters. The highest BCUT2D eigenvalue weighted by Crippen LogP contribution is 2.19. The van der Waals surface area contributed by atoms with E-state index in [-0.39, 0.29) is 11.9 Å². The fourth-order valence-electron chi connectivity index (χ4n) is 2.63. The summed E-state index contributed by atoms with van der Waals surface area (Å²) in [6.07, 6.45) is 0. The lowest BCUT2D eigenvalue weighted by Crippen LogP contribution is -2.35. The maximum atomic E-state index is 12.6. The molecule has 27 heavy (non-hydrogen) atoms. The Hall–Kier alpha value is -2.86. The lowest BCUT2D eigenvalue weighted by molar-refractivity contribution is 0.0948. The van der Waals surface area contributed by atoms with Crippen LogP contribution in [0, 0.1) is 6.92 Å². The highest BCUT2D eigenvalue weighted by atomic mass is 32.1. The Kier molecular flexibility index (Phi) is 6.44. The monoisotopic (exact) mass is 381 g/mol. The molecule has 2 aromatic carbocycles. The summed E-state index contributed by atoms with van der Waals surface area (Å²) in [5.41, 5.74) is 5.39. The zero-order chi connectivity index (χ0) is 19.1. The number of amides is 1. The van der Waals surface area contributed by atoms with Crippen LogP contribution in [-0.4, -0.2) is 23.5 Å². The van der Waals surface area contributed by atoms with Crippen LogP contribution in [0.2, 0.25) is 0 Å². The Morgan fingerprint density at radius 2 is 1.96 bits per heavy atom. The third-order valence-electron chi connectivity index (χ3n) is 4.11. The second-order valence-corrected chi connectivity index (χ2v) is 7.05. The van der Waals surface area contributed by atoms with Gasteiger partial charge in [0.1, 0.15) is 12.4 Å². The Bertz CT molecular complexity index is 881. The number of anilines is 1. The molecular weight excluding hydrogens is 358 g/mol. The molecular formula is C21H23N3O2S. The molecule has 0 aliphatic heterocycles. The van der Waals surface area contributed by atoms with Crippen molar-refractivity contribution in [2.45, 2.75) is 26.5 Å². The van der Waals surface area contributed by atoms with Gasteiger partial charge in [-0.2, -0.15) is 0 Å². The van der Waals surface area contributed by atoms with Crippen LogP contribution >= 0.6 is 11.3 Å². The summed E-state index contributed by atoms with van der Waals surface area (Å²) in [6.45, 7) is 4.95. The van der Waals surface area contributed by atoms with Crippen molar-refractivity contribution in [3.8, 4) is 5.75 Å². The predicted octanol–water partition coefficient (Wildman–Crippen LogP) is 4.26.